The zero-order valence-electron chi connectivity index (χ0n) is 10.3. The third-order valence-electron chi connectivity index (χ3n) is 2.79. The van der Waals surface area contributed by atoms with Gasteiger partial charge in [0.05, 0.1) is 0 Å². The summed E-state index contributed by atoms with van der Waals surface area (Å²) in [5.41, 5.74) is 3.55. The van der Waals surface area contributed by atoms with Gasteiger partial charge in [-0.25, -0.2) is 4.98 Å². The second kappa shape index (κ2) is 4.92. The Morgan fingerprint density at radius 2 is 1.94 bits per heavy atom. The van der Waals surface area contributed by atoms with Crippen LogP contribution in [0.2, 0.25) is 0 Å². The molecular formula is C13H16BrN3. The van der Waals surface area contributed by atoms with Crippen LogP contribution < -0.4 is 5.32 Å². The van der Waals surface area contributed by atoms with Crippen LogP contribution in [-0.4, -0.2) is 9.55 Å². The minimum absolute atomic E-state index is 0.890. The van der Waals surface area contributed by atoms with Gasteiger partial charge in [0.25, 0.3) is 0 Å². The quantitative estimate of drug-likeness (QED) is 0.926. The van der Waals surface area contributed by atoms with Crippen LogP contribution in [0.25, 0.3) is 0 Å². The van der Waals surface area contributed by atoms with Crippen molar-refractivity contribution in [3.8, 4) is 0 Å². The van der Waals surface area contributed by atoms with Crippen LogP contribution in [0.4, 0.5) is 11.6 Å². The van der Waals surface area contributed by atoms with Crippen LogP contribution >= 0.6 is 15.9 Å². The number of nitrogens with zero attached hydrogens (tertiary/aromatic N) is 2. The highest BCUT2D eigenvalue weighted by molar-refractivity contribution is 9.10. The second-order valence-electron chi connectivity index (χ2n) is 4.08. The smallest absolute Gasteiger partial charge is 0.207 e. The van der Waals surface area contributed by atoms with Gasteiger partial charge in [0.1, 0.15) is 0 Å². The van der Waals surface area contributed by atoms with E-state index in [4.69, 9.17) is 0 Å². The third-order valence-corrected chi connectivity index (χ3v) is 3.25. The number of rotatable bonds is 3. The minimum Gasteiger partial charge on any atom is -0.325 e. The molecule has 0 amide bonds. The number of benzene rings is 1. The van der Waals surface area contributed by atoms with Gasteiger partial charge in [-0.15, -0.1) is 0 Å². The molecule has 17 heavy (non-hydrogen) atoms. The first-order chi connectivity index (χ1) is 8.11. The van der Waals surface area contributed by atoms with Crippen LogP contribution in [0.3, 0.4) is 0 Å². The highest BCUT2D eigenvalue weighted by Gasteiger charge is 2.07. The number of hydrogen-bond acceptors (Lipinski definition) is 2. The second-order valence-corrected chi connectivity index (χ2v) is 4.99. The molecular weight excluding hydrogens is 278 g/mol. The number of aryl methyl sites for hydroxylation is 3. The Balaban J connectivity index is 2.36. The summed E-state index contributed by atoms with van der Waals surface area (Å²) in [4.78, 5) is 4.33. The fourth-order valence-electron chi connectivity index (χ4n) is 1.91. The topological polar surface area (TPSA) is 29.9 Å². The van der Waals surface area contributed by atoms with E-state index in [1.54, 1.807) is 0 Å². The summed E-state index contributed by atoms with van der Waals surface area (Å²) >= 11 is 3.50. The molecule has 0 atom stereocenters. The maximum absolute atomic E-state index is 4.33. The first-order valence-electron chi connectivity index (χ1n) is 5.66. The average Bonchev–Trinajstić information content (AvgIpc) is 2.70. The zero-order valence-corrected chi connectivity index (χ0v) is 11.9. The Bertz CT molecular complexity index is 508. The number of hydrogen-bond donors (Lipinski definition) is 1. The van der Waals surface area contributed by atoms with E-state index >= 15 is 0 Å². The van der Waals surface area contributed by atoms with Crippen molar-refractivity contribution in [1.29, 1.82) is 0 Å². The molecule has 1 aromatic carbocycles. The summed E-state index contributed by atoms with van der Waals surface area (Å²) in [6, 6.07) is 4.21. The summed E-state index contributed by atoms with van der Waals surface area (Å²) in [6.07, 6.45) is 3.79. The third kappa shape index (κ3) is 2.52. The van der Waals surface area contributed by atoms with Gasteiger partial charge in [-0.2, -0.15) is 0 Å². The van der Waals surface area contributed by atoms with Crippen LogP contribution in [0.1, 0.15) is 18.1 Å². The molecule has 3 nitrogen and oxygen atoms in total. The molecule has 1 heterocycles. The highest BCUT2D eigenvalue weighted by Crippen LogP contribution is 2.27. The Hall–Kier alpha value is -1.29. The van der Waals surface area contributed by atoms with Crippen molar-refractivity contribution in [2.24, 2.45) is 0 Å². The number of nitrogens with one attached hydrogen (secondary N) is 1. The van der Waals surface area contributed by atoms with Crippen molar-refractivity contribution in [2.75, 3.05) is 5.32 Å². The molecule has 0 aliphatic heterocycles. The molecule has 0 aliphatic rings. The predicted molar refractivity (Wildman–Crippen MR) is 74.8 cm³/mol. The molecule has 2 aromatic rings. The zero-order chi connectivity index (χ0) is 12.4. The van der Waals surface area contributed by atoms with Crippen molar-refractivity contribution >= 4 is 27.6 Å². The standard InChI is InChI=1S/C13H16BrN3/c1-4-17-6-5-15-13(17)16-12-9(2)7-11(14)8-10(12)3/h5-8H,4H2,1-3H3,(H,15,16). The molecule has 4 heteroatoms. The van der Waals surface area contributed by atoms with E-state index in [0.29, 0.717) is 0 Å². The van der Waals surface area contributed by atoms with Crippen molar-refractivity contribution in [3.63, 3.8) is 0 Å². The molecule has 0 radical (unpaired) electrons. The van der Waals surface area contributed by atoms with Crippen LogP contribution in [-0.2, 0) is 6.54 Å². The molecule has 0 aliphatic carbocycles. The summed E-state index contributed by atoms with van der Waals surface area (Å²) in [5, 5.41) is 3.40. The van der Waals surface area contributed by atoms with Crippen molar-refractivity contribution in [2.45, 2.75) is 27.3 Å². The van der Waals surface area contributed by atoms with E-state index in [2.05, 4.69) is 63.7 Å². The van der Waals surface area contributed by atoms with E-state index in [9.17, 15) is 0 Å². The van der Waals surface area contributed by atoms with Gasteiger partial charge < -0.3 is 9.88 Å². The van der Waals surface area contributed by atoms with E-state index < -0.39 is 0 Å². The molecule has 2 rings (SSSR count). The van der Waals surface area contributed by atoms with Gasteiger partial charge in [-0.3, -0.25) is 0 Å². The molecule has 0 unspecified atom stereocenters. The largest absolute Gasteiger partial charge is 0.325 e. The number of aromatic nitrogens is 2. The van der Waals surface area contributed by atoms with Gasteiger partial charge >= 0.3 is 0 Å². The molecule has 0 saturated carbocycles. The van der Waals surface area contributed by atoms with E-state index in [1.165, 1.54) is 11.1 Å². The van der Waals surface area contributed by atoms with E-state index in [0.717, 1.165) is 22.7 Å². The monoisotopic (exact) mass is 293 g/mol. The van der Waals surface area contributed by atoms with Crippen LogP contribution in [0.15, 0.2) is 29.0 Å². The molecule has 90 valence electrons. The molecule has 0 saturated heterocycles. The van der Waals surface area contributed by atoms with Crippen LogP contribution in [0, 0.1) is 13.8 Å². The van der Waals surface area contributed by atoms with Gasteiger partial charge in [-0.05, 0) is 44.0 Å². The first kappa shape index (κ1) is 12.2. The number of anilines is 2. The summed E-state index contributed by atoms with van der Waals surface area (Å²) in [5.74, 6) is 0.890. The highest BCUT2D eigenvalue weighted by atomic mass is 79.9. The Morgan fingerprint density at radius 1 is 1.29 bits per heavy atom. The maximum Gasteiger partial charge on any atom is 0.207 e. The summed E-state index contributed by atoms with van der Waals surface area (Å²) in [6.45, 7) is 7.21. The first-order valence-corrected chi connectivity index (χ1v) is 6.46. The minimum atomic E-state index is 0.890. The lowest BCUT2D eigenvalue weighted by atomic mass is 10.1. The normalized spacial score (nSPS) is 10.6. The SMILES string of the molecule is CCn1ccnc1Nc1c(C)cc(Br)cc1C. The Morgan fingerprint density at radius 3 is 2.53 bits per heavy atom. The fraction of sp³-hybridized carbons (Fsp3) is 0.308. The van der Waals surface area contributed by atoms with Crippen molar-refractivity contribution < 1.29 is 0 Å². The van der Waals surface area contributed by atoms with Gasteiger partial charge in [0.15, 0.2) is 0 Å². The summed E-state index contributed by atoms with van der Waals surface area (Å²) in [7, 11) is 0. The van der Waals surface area contributed by atoms with Gasteiger partial charge in [0, 0.05) is 29.1 Å². The van der Waals surface area contributed by atoms with Gasteiger partial charge in [0.2, 0.25) is 5.95 Å². The lowest BCUT2D eigenvalue weighted by Gasteiger charge is -2.13. The average molecular weight is 294 g/mol. The molecule has 0 bridgehead atoms. The summed E-state index contributed by atoms with van der Waals surface area (Å²) < 4.78 is 3.19. The van der Waals surface area contributed by atoms with E-state index in [1.807, 2.05) is 12.4 Å². The molecule has 0 fully saturated rings. The lowest BCUT2D eigenvalue weighted by molar-refractivity contribution is 0.771. The van der Waals surface area contributed by atoms with Gasteiger partial charge in [-0.1, -0.05) is 15.9 Å². The van der Waals surface area contributed by atoms with Crippen LogP contribution in [0.5, 0.6) is 0 Å². The number of halogens is 1. The van der Waals surface area contributed by atoms with E-state index in [-0.39, 0.29) is 0 Å². The molecule has 1 N–H and O–H groups in total. The number of imidazole rings is 1. The Kier molecular flexibility index (Phi) is 3.52. The predicted octanol–water partition coefficient (Wildman–Crippen LogP) is 4.03. The lowest BCUT2D eigenvalue weighted by Crippen LogP contribution is -2.03. The molecule has 0 spiro atoms. The maximum atomic E-state index is 4.33. The molecule has 1 aromatic heterocycles. The van der Waals surface area contributed by atoms with Crippen molar-refractivity contribution in [3.05, 3.63) is 40.1 Å². The fourth-order valence-corrected chi connectivity index (χ4v) is 2.59. The van der Waals surface area contributed by atoms with Crippen molar-refractivity contribution in [1.82, 2.24) is 9.55 Å². The Labute approximate surface area is 110 Å².